The van der Waals surface area contributed by atoms with Gasteiger partial charge in [-0.3, -0.25) is 4.79 Å². The summed E-state index contributed by atoms with van der Waals surface area (Å²) in [4.78, 5) is 11.2. The quantitative estimate of drug-likeness (QED) is 0.746. The van der Waals surface area contributed by atoms with Crippen molar-refractivity contribution in [3.63, 3.8) is 0 Å². The molecule has 2 aromatic carbocycles. The number of fused-ring (bicyclic) bond motifs is 1. The third-order valence-electron chi connectivity index (χ3n) is 4.10. The Bertz CT molecular complexity index is 932. The summed E-state index contributed by atoms with van der Waals surface area (Å²) in [6.07, 6.45) is -0.153. The number of halogens is 2. The number of aromatic nitrogens is 1. The Morgan fingerprint density at radius 2 is 1.92 bits per heavy atom. The summed E-state index contributed by atoms with van der Waals surface area (Å²) in [6, 6.07) is 9.23. The van der Waals surface area contributed by atoms with Gasteiger partial charge in [-0.15, -0.1) is 0 Å². The fourth-order valence-electron chi connectivity index (χ4n) is 2.91. The molecule has 4 nitrogen and oxygen atoms in total. The van der Waals surface area contributed by atoms with Gasteiger partial charge in [0.15, 0.2) is 0 Å². The molecule has 124 valence electrons. The van der Waals surface area contributed by atoms with Crippen LogP contribution >= 0.6 is 11.6 Å². The van der Waals surface area contributed by atoms with Crippen molar-refractivity contribution in [3.05, 3.63) is 64.1 Å². The number of carboxylic acid groups (broad SMARTS) is 1. The Morgan fingerprint density at radius 1 is 1.25 bits per heavy atom. The molecule has 24 heavy (non-hydrogen) atoms. The van der Waals surface area contributed by atoms with E-state index in [2.05, 4.69) is 0 Å². The van der Waals surface area contributed by atoms with Crippen LogP contribution in [0, 0.1) is 12.7 Å². The van der Waals surface area contributed by atoms with Crippen molar-refractivity contribution in [3.8, 4) is 5.75 Å². The Hall–Kier alpha value is -2.53. The van der Waals surface area contributed by atoms with Crippen LogP contribution in [0.3, 0.4) is 0 Å². The molecule has 6 heteroatoms. The van der Waals surface area contributed by atoms with E-state index in [0.29, 0.717) is 17.5 Å². The summed E-state index contributed by atoms with van der Waals surface area (Å²) >= 11 is 6.02. The number of phenolic OH excluding ortho intramolecular Hbond substituents is 1. The number of nitrogens with zero attached hydrogens (tertiary/aromatic N) is 1. The van der Waals surface area contributed by atoms with Gasteiger partial charge in [0.05, 0.1) is 17.0 Å². The predicted molar refractivity (Wildman–Crippen MR) is 90.2 cm³/mol. The van der Waals surface area contributed by atoms with Crippen molar-refractivity contribution in [1.82, 2.24) is 4.57 Å². The van der Waals surface area contributed by atoms with E-state index in [4.69, 9.17) is 16.7 Å². The first-order valence-corrected chi connectivity index (χ1v) is 7.71. The van der Waals surface area contributed by atoms with Gasteiger partial charge >= 0.3 is 5.97 Å². The first-order valence-electron chi connectivity index (χ1n) is 7.33. The average molecular weight is 348 g/mol. The fourth-order valence-corrected chi connectivity index (χ4v) is 3.06. The smallest absolute Gasteiger partial charge is 0.307 e. The molecule has 0 unspecified atom stereocenters. The molecule has 0 fully saturated rings. The molecule has 0 aliphatic carbocycles. The second-order valence-corrected chi connectivity index (χ2v) is 6.08. The molecule has 0 radical (unpaired) electrons. The molecule has 0 aliphatic heterocycles. The number of hydrogen-bond acceptors (Lipinski definition) is 2. The molecule has 2 N–H and O–H groups in total. The van der Waals surface area contributed by atoms with Crippen LogP contribution in [-0.2, 0) is 17.8 Å². The van der Waals surface area contributed by atoms with Crippen LogP contribution in [0.2, 0.25) is 5.02 Å². The van der Waals surface area contributed by atoms with Gasteiger partial charge in [0.25, 0.3) is 0 Å². The highest BCUT2D eigenvalue weighted by Gasteiger charge is 2.18. The van der Waals surface area contributed by atoms with Gasteiger partial charge < -0.3 is 14.8 Å². The van der Waals surface area contributed by atoms with Crippen molar-refractivity contribution in [1.29, 1.82) is 0 Å². The van der Waals surface area contributed by atoms with E-state index in [9.17, 15) is 14.3 Å². The van der Waals surface area contributed by atoms with Gasteiger partial charge in [-0.2, -0.15) is 0 Å². The molecule has 1 aromatic heterocycles. The molecule has 0 saturated carbocycles. The largest absolute Gasteiger partial charge is 0.506 e. The molecule has 0 bridgehead atoms. The Kier molecular flexibility index (Phi) is 4.20. The molecule has 0 aliphatic rings. The highest BCUT2D eigenvalue weighted by atomic mass is 35.5. The second kappa shape index (κ2) is 6.17. The van der Waals surface area contributed by atoms with Gasteiger partial charge in [-0.1, -0.05) is 23.7 Å². The van der Waals surface area contributed by atoms with Crippen LogP contribution in [0.1, 0.15) is 16.8 Å². The summed E-state index contributed by atoms with van der Waals surface area (Å²) in [5.74, 6) is -1.35. The van der Waals surface area contributed by atoms with Gasteiger partial charge in [0, 0.05) is 17.6 Å². The molecule has 3 aromatic rings. The van der Waals surface area contributed by atoms with E-state index in [1.54, 1.807) is 18.2 Å². The summed E-state index contributed by atoms with van der Waals surface area (Å²) < 4.78 is 15.0. The van der Waals surface area contributed by atoms with Crippen LogP contribution in [0.5, 0.6) is 5.75 Å². The molecule has 0 atom stereocenters. The minimum absolute atomic E-state index is 0.0882. The normalized spacial score (nSPS) is 11.1. The van der Waals surface area contributed by atoms with Crippen molar-refractivity contribution in [2.45, 2.75) is 19.9 Å². The number of carbonyl (C=O) groups is 1. The monoisotopic (exact) mass is 347 g/mol. The number of phenols is 1. The number of rotatable bonds is 4. The maximum Gasteiger partial charge on any atom is 0.307 e. The zero-order valence-electron chi connectivity index (χ0n) is 12.9. The molecule has 1 heterocycles. The minimum Gasteiger partial charge on any atom is -0.506 e. The van der Waals surface area contributed by atoms with Crippen LogP contribution < -0.4 is 0 Å². The first kappa shape index (κ1) is 16.3. The lowest BCUT2D eigenvalue weighted by molar-refractivity contribution is -0.136. The zero-order valence-corrected chi connectivity index (χ0v) is 13.6. The lowest BCUT2D eigenvalue weighted by Gasteiger charge is -2.09. The predicted octanol–water partition coefficient (Wildman–Crippen LogP) is 4.12. The summed E-state index contributed by atoms with van der Waals surface area (Å²) in [6.45, 7) is 2.27. The minimum atomic E-state index is -0.951. The van der Waals surface area contributed by atoms with Gasteiger partial charge in [0.2, 0.25) is 0 Å². The number of benzene rings is 2. The van der Waals surface area contributed by atoms with E-state index >= 15 is 0 Å². The molecule has 3 rings (SSSR count). The molecule has 0 spiro atoms. The van der Waals surface area contributed by atoms with E-state index in [1.165, 1.54) is 18.2 Å². The van der Waals surface area contributed by atoms with E-state index in [-0.39, 0.29) is 23.0 Å². The Balaban J connectivity index is 2.18. The van der Waals surface area contributed by atoms with Crippen LogP contribution in [0.25, 0.3) is 10.9 Å². The standard InChI is InChI=1S/C18H15ClFNO3/c1-10-13(7-18(23)24)14-6-17(22)15(19)8-16(14)21(10)9-11-2-4-12(20)5-3-11/h2-6,8,22H,7,9H2,1H3,(H,23,24). The number of carboxylic acids is 1. The zero-order chi connectivity index (χ0) is 17.4. The highest BCUT2D eigenvalue weighted by molar-refractivity contribution is 6.32. The van der Waals surface area contributed by atoms with Crippen LogP contribution in [0.15, 0.2) is 36.4 Å². The average Bonchev–Trinajstić information content (AvgIpc) is 2.75. The lowest BCUT2D eigenvalue weighted by Crippen LogP contribution is -2.05. The number of hydrogen-bond donors (Lipinski definition) is 2. The summed E-state index contributed by atoms with van der Waals surface area (Å²) in [7, 11) is 0. The fraction of sp³-hybridized carbons (Fsp3) is 0.167. The molecular formula is C18H15ClFNO3. The Labute approximate surface area is 142 Å². The van der Waals surface area contributed by atoms with Crippen molar-refractivity contribution >= 4 is 28.5 Å². The number of aliphatic carboxylic acids is 1. The maximum atomic E-state index is 13.1. The van der Waals surface area contributed by atoms with Gasteiger partial charge in [-0.25, -0.2) is 4.39 Å². The molecule has 0 saturated heterocycles. The van der Waals surface area contributed by atoms with Crippen LogP contribution in [0.4, 0.5) is 4.39 Å². The third kappa shape index (κ3) is 2.95. The van der Waals surface area contributed by atoms with E-state index in [1.807, 2.05) is 11.5 Å². The van der Waals surface area contributed by atoms with E-state index < -0.39 is 5.97 Å². The van der Waals surface area contributed by atoms with E-state index in [0.717, 1.165) is 16.8 Å². The Morgan fingerprint density at radius 3 is 2.54 bits per heavy atom. The second-order valence-electron chi connectivity index (χ2n) is 5.67. The maximum absolute atomic E-state index is 13.1. The highest BCUT2D eigenvalue weighted by Crippen LogP contribution is 2.34. The topological polar surface area (TPSA) is 62.5 Å². The van der Waals surface area contributed by atoms with Gasteiger partial charge in [-0.05, 0) is 42.3 Å². The van der Waals surface area contributed by atoms with Crippen molar-refractivity contribution in [2.75, 3.05) is 0 Å². The number of aromatic hydroxyl groups is 1. The van der Waals surface area contributed by atoms with Gasteiger partial charge in [0.1, 0.15) is 11.6 Å². The lowest BCUT2D eigenvalue weighted by atomic mass is 10.1. The first-order chi connectivity index (χ1) is 11.4. The molecule has 0 amide bonds. The van der Waals surface area contributed by atoms with Crippen LogP contribution in [-0.4, -0.2) is 20.7 Å². The summed E-state index contributed by atoms with van der Waals surface area (Å²) in [5.41, 5.74) is 3.02. The SMILES string of the molecule is Cc1c(CC(=O)O)c2cc(O)c(Cl)cc2n1Cc1ccc(F)cc1. The van der Waals surface area contributed by atoms with Crippen molar-refractivity contribution in [2.24, 2.45) is 0 Å². The third-order valence-corrected chi connectivity index (χ3v) is 4.41. The van der Waals surface area contributed by atoms with Crippen molar-refractivity contribution < 1.29 is 19.4 Å². The molecular weight excluding hydrogens is 333 g/mol. The summed E-state index contributed by atoms with van der Waals surface area (Å²) in [5, 5.41) is 19.9.